The van der Waals surface area contributed by atoms with E-state index >= 15 is 0 Å². The smallest absolute Gasteiger partial charge is 0.305 e. The van der Waals surface area contributed by atoms with Gasteiger partial charge in [-0.15, -0.1) is 0 Å². The molecule has 2 saturated heterocycles. The Morgan fingerprint density at radius 3 is 2.05 bits per heavy atom. The molecule has 15 N–H and O–H groups in total. The van der Waals surface area contributed by atoms with Crippen molar-refractivity contribution in [2.75, 3.05) is 26.2 Å². The number of alkyl halides is 1. The first-order valence-electron chi connectivity index (χ1n) is 19.6. The van der Waals surface area contributed by atoms with Gasteiger partial charge in [0.1, 0.15) is 48.6 Å². The number of guanidine groups is 1. The van der Waals surface area contributed by atoms with E-state index in [2.05, 4.69) is 42.2 Å². The predicted octanol–water partition coefficient (Wildman–Crippen LogP) is -5.56. The second kappa shape index (κ2) is 24.3. The van der Waals surface area contributed by atoms with Crippen molar-refractivity contribution in [2.24, 2.45) is 16.5 Å². The van der Waals surface area contributed by atoms with Crippen molar-refractivity contribution >= 4 is 53.3 Å². The van der Waals surface area contributed by atoms with Gasteiger partial charge in [0.25, 0.3) is 11.8 Å². The number of nitrogens with one attached hydrogen (secondary N) is 7. The molecule has 0 aliphatic carbocycles. The molecule has 61 heavy (non-hydrogen) atoms. The minimum absolute atomic E-state index is 0.00227. The Morgan fingerprint density at radius 2 is 1.41 bits per heavy atom. The maximum Gasteiger partial charge on any atom is 0.305 e. The number of rotatable bonds is 14. The summed E-state index contributed by atoms with van der Waals surface area (Å²) in [6.07, 6.45) is -12.0. The molecule has 1 aromatic carbocycles. The van der Waals surface area contributed by atoms with E-state index in [-0.39, 0.29) is 57.6 Å². The van der Waals surface area contributed by atoms with Crippen LogP contribution in [-0.2, 0) is 49.5 Å². The lowest BCUT2D eigenvalue weighted by Crippen LogP contribution is -2.65. The third-order valence-corrected chi connectivity index (χ3v) is 9.61. The lowest BCUT2D eigenvalue weighted by atomic mass is 9.94. The van der Waals surface area contributed by atoms with E-state index in [9.17, 15) is 63.2 Å². The summed E-state index contributed by atoms with van der Waals surface area (Å²) in [4.78, 5) is 109. The van der Waals surface area contributed by atoms with Gasteiger partial charge >= 0.3 is 5.97 Å². The molecular formula is C37H55FN10O13. The molecule has 2 aliphatic heterocycles. The molecule has 338 valence electrons. The molecule has 2 heterocycles. The largest absolute Gasteiger partial charge is 0.481 e. The van der Waals surface area contributed by atoms with Gasteiger partial charge in [0, 0.05) is 26.1 Å². The first-order valence-corrected chi connectivity index (χ1v) is 19.6. The minimum atomic E-state index is -2.04. The Balaban J connectivity index is 2.01. The van der Waals surface area contributed by atoms with Crippen LogP contribution in [0.5, 0.6) is 0 Å². The summed E-state index contributed by atoms with van der Waals surface area (Å²) in [6.45, 7) is -0.357. The molecule has 0 spiro atoms. The van der Waals surface area contributed by atoms with E-state index < -0.39 is 128 Å². The molecule has 2 aliphatic rings. The second-order valence-corrected chi connectivity index (χ2v) is 14.5. The third-order valence-electron chi connectivity index (χ3n) is 9.61. The molecule has 10 atom stereocenters. The molecule has 2 fully saturated rings. The van der Waals surface area contributed by atoms with Crippen molar-refractivity contribution in [3.05, 3.63) is 35.9 Å². The number of hydrogen-bond donors (Lipinski definition) is 13. The highest BCUT2D eigenvalue weighted by atomic mass is 19.1. The van der Waals surface area contributed by atoms with Gasteiger partial charge in [-0.25, -0.2) is 4.39 Å². The number of carbonyl (C=O) groups is 8. The normalized spacial score (nSPS) is 27.6. The fraction of sp³-hybridized carbons (Fsp3) is 0.595. The number of halogens is 1. The summed E-state index contributed by atoms with van der Waals surface area (Å²) in [5.41, 5.74) is 11.3. The highest BCUT2D eigenvalue weighted by Crippen LogP contribution is 2.22. The number of fused-ring (bicyclic) bond motifs is 2. The number of aliphatic carboxylic acids is 1. The average molecular weight is 867 g/mol. The van der Waals surface area contributed by atoms with Crippen molar-refractivity contribution in [3.8, 4) is 0 Å². The number of unbranched alkanes of at least 4 members (excludes halogenated alkanes) is 1. The number of aliphatic imine (C=N–C) groups is 1. The zero-order valence-corrected chi connectivity index (χ0v) is 33.4. The van der Waals surface area contributed by atoms with E-state index in [1.807, 2.05) is 0 Å². The van der Waals surface area contributed by atoms with Gasteiger partial charge in [-0.3, -0.25) is 43.3 Å². The summed E-state index contributed by atoms with van der Waals surface area (Å²) in [5, 5.41) is 58.6. The Labute approximate surface area is 349 Å². The highest BCUT2D eigenvalue weighted by molar-refractivity contribution is 5.97. The predicted molar refractivity (Wildman–Crippen MR) is 210 cm³/mol. The zero-order chi connectivity index (χ0) is 45.2. The van der Waals surface area contributed by atoms with Gasteiger partial charge in [-0.05, 0) is 44.6 Å². The van der Waals surface area contributed by atoms with E-state index in [4.69, 9.17) is 16.2 Å². The van der Waals surface area contributed by atoms with Gasteiger partial charge in [0.05, 0.1) is 13.0 Å². The van der Waals surface area contributed by atoms with Gasteiger partial charge in [-0.1, -0.05) is 30.3 Å². The Morgan fingerprint density at radius 1 is 0.803 bits per heavy atom. The number of carbonyl (C=O) groups excluding carboxylic acids is 7. The number of nitrogens with two attached hydrogens (primary N) is 2. The third kappa shape index (κ3) is 16.2. The number of aliphatic hydroxyl groups excluding tert-OH is 3. The molecule has 0 saturated carbocycles. The van der Waals surface area contributed by atoms with E-state index in [1.165, 1.54) is 0 Å². The quantitative estimate of drug-likeness (QED) is 0.0471. The lowest BCUT2D eigenvalue weighted by molar-refractivity contribution is -0.219. The molecule has 24 heteroatoms. The second-order valence-electron chi connectivity index (χ2n) is 14.5. The van der Waals surface area contributed by atoms with Crippen LogP contribution in [-0.4, -0.2) is 161 Å². The van der Waals surface area contributed by atoms with Crippen molar-refractivity contribution in [1.29, 1.82) is 0 Å². The number of carboxylic acid groups (broad SMARTS) is 1. The molecule has 0 radical (unpaired) electrons. The van der Waals surface area contributed by atoms with Crippen LogP contribution >= 0.6 is 0 Å². The number of hydrogen-bond acceptors (Lipinski definition) is 13. The molecule has 2 bridgehead atoms. The van der Waals surface area contributed by atoms with Crippen LogP contribution in [0.4, 0.5) is 4.39 Å². The van der Waals surface area contributed by atoms with Crippen LogP contribution in [0, 0.1) is 0 Å². The first kappa shape index (κ1) is 49.4. The maximum absolute atomic E-state index is 14.0. The van der Waals surface area contributed by atoms with Gasteiger partial charge in [-0.2, -0.15) is 0 Å². The number of aliphatic hydroxyl groups is 3. The van der Waals surface area contributed by atoms with Gasteiger partial charge < -0.3 is 73.8 Å². The Kier molecular flexibility index (Phi) is 19.7. The number of carboxylic acids is 1. The summed E-state index contributed by atoms with van der Waals surface area (Å²) in [7, 11) is 0. The zero-order valence-electron chi connectivity index (χ0n) is 33.4. The fourth-order valence-corrected chi connectivity index (χ4v) is 6.30. The monoisotopic (exact) mass is 866 g/mol. The number of benzene rings is 1. The number of ether oxygens (including phenoxy) is 1. The van der Waals surface area contributed by atoms with Gasteiger partial charge in [0.15, 0.2) is 18.2 Å². The standard InChI is InChI=1S/C37H55FN10O13/c1-18(38)31(55)41-12-6-5-10-20-32(56)43-16-24-27(52)28(53)29(54)30(61-24)36(60)47-21(11-7-13-42-37(39)40)33(57)44-17-25(49)45-23(15-26(50)51)35(59)48-22(34(58)46-20)14-19-8-3-2-4-9-19/h2-4,8-9,18,20-24,27-30,52-54H,5-7,10-17H2,1H3,(H,41,55)(H,43,56)(H,44,57)(H,45,49)(H,46,58)(H,47,60)(H,48,59)(H,50,51)(H4,39,40,42)/t18?,20?,21-,22+,23-,24?,27?,28?,29?,30?/m0/s1. The molecule has 3 rings (SSSR count). The average Bonchev–Trinajstić information content (AvgIpc) is 3.21. The Hall–Kier alpha value is -5.98. The Bertz CT molecular complexity index is 1740. The van der Waals surface area contributed by atoms with Crippen LogP contribution < -0.4 is 48.7 Å². The van der Waals surface area contributed by atoms with Crippen molar-refractivity contribution in [1.82, 2.24) is 37.2 Å². The van der Waals surface area contributed by atoms with Crippen LogP contribution in [0.2, 0.25) is 0 Å². The molecule has 7 amide bonds. The number of amides is 7. The van der Waals surface area contributed by atoms with Crippen molar-refractivity contribution in [3.63, 3.8) is 0 Å². The maximum atomic E-state index is 14.0. The lowest BCUT2D eigenvalue weighted by Gasteiger charge is -2.40. The summed E-state index contributed by atoms with van der Waals surface area (Å²) in [6, 6.07) is 2.17. The topological polar surface area (TPSA) is 375 Å². The van der Waals surface area contributed by atoms with Gasteiger partial charge in [0.2, 0.25) is 29.5 Å². The van der Waals surface area contributed by atoms with E-state index in [0.717, 1.165) is 6.92 Å². The van der Waals surface area contributed by atoms with Crippen LogP contribution in [0.1, 0.15) is 51.0 Å². The van der Waals surface area contributed by atoms with Crippen LogP contribution in [0.15, 0.2) is 35.3 Å². The summed E-state index contributed by atoms with van der Waals surface area (Å²) in [5.74, 6) is -8.68. The molecule has 23 nitrogen and oxygen atoms in total. The number of nitrogens with zero attached hydrogens (tertiary/aromatic N) is 1. The van der Waals surface area contributed by atoms with Crippen LogP contribution in [0.3, 0.4) is 0 Å². The first-order chi connectivity index (χ1) is 28.9. The molecule has 0 aromatic heterocycles. The summed E-state index contributed by atoms with van der Waals surface area (Å²) >= 11 is 0. The molecule has 1 aromatic rings. The van der Waals surface area contributed by atoms with E-state index in [1.54, 1.807) is 30.3 Å². The fourth-order valence-electron chi connectivity index (χ4n) is 6.30. The van der Waals surface area contributed by atoms with Crippen molar-refractivity contribution < 1.29 is 67.9 Å². The van der Waals surface area contributed by atoms with Crippen molar-refractivity contribution in [2.45, 2.75) is 113 Å². The molecule has 7 unspecified atom stereocenters. The SMILES string of the molecule is CC(F)C(=O)NCCCCC1NC(=O)[C@@H](Cc2ccccc2)NC(=O)[C@H](CC(=O)O)NC(=O)CNC(=O)[C@H](CCCN=C(N)N)NC(=O)C2OC(CNC1=O)C(O)C(O)C2O. The van der Waals surface area contributed by atoms with E-state index in [0.29, 0.717) is 5.56 Å². The minimum Gasteiger partial charge on any atom is -0.481 e. The summed E-state index contributed by atoms with van der Waals surface area (Å²) < 4.78 is 19.0. The highest BCUT2D eigenvalue weighted by Gasteiger charge is 2.47. The van der Waals surface area contributed by atoms with Crippen LogP contribution in [0.25, 0.3) is 0 Å². The molecular weight excluding hydrogens is 811 g/mol.